The lowest BCUT2D eigenvalue weighted by molar-refractivity contribution is 0.613. The number of rotatable bonds is 6. The minimum Gasteiger partial charge on any atom is -0.342 e. The molecular formula is C32H27BrN4O. The molecule has 6 aromatic rings. The highest BCUT2D eigenvalue weighted by Crippen LogP contribution is 2.25. The fourth-order valence-corrected chi connectivity index (χ4v) is 5.38. The third-order valence-corrected chi connectivity index (χ3v) is 7.73. The molecule has 6 heteroatoms. The topological polar surface area (TPSA) is 52.2 Å². The van der Waals surface area contributed by atoms with Crippen LogP contribution in [-0.4, -0.2) is 20.4 Å². The molecule has 38 heavy (non-hydrogen) atoms. The Morgan fingerprint density at radius 2 is 1.71 bits per heavy atom. The molecule has 2 heterocycles. The summed E-state index contributed by atoms with van der Waals surface area (Å²) in [6.45, 7) is 4.91. The predicted octanol–water partition coefficient (Wildman–Crippen LogP) is 7.71. The van der Waals surface area contributed by atoms with Crippen molar-refractivity contribution in [3.8, 4) is 0 Å². The Balaban J connectivity index is 1.47. The van der Waals surface area contributed by atoms with Gasteiger partial charge in [-0.1, -0.05) is 90.4 Å². The van der Waals surface area contributed by atoms with E-state index in [-0.39, 0.29) is 11.5 Å². The molecule has 0 N–H and O–H groups in total. The molecule has 0 fully saturated rings. The van der Waals surface area contributed by atoms with Crippen LogP contribution in [0.15, 0.2) is 105 Å². The Bertz CT molecular complexity index is 1890. The zero-order valence-electron chi connectivity index (χ0n) is 21.3. The third-order valence-electron chi connectivity index (χ3n) is 7.24. The molecule has 0 aliphatic rings. The van der Waals surface area contributed by atoms with Crippen LogP contribution in [0.25, 0.3) is 32.6 Å². The molecule has 188 valence electrons. The van der Waals surface area contributed by atoms with Crippen molar-refractivity contribution in [2.45, 2.75) is 32.7 Å². The molecule has 0 spiro atoms. The number of fused-ring (bicyclic) bond motifs is 3. The summed E-state index contributed by atoms with van der Waals surface area (Å²) in [5, 5.41) is 8.85. The van der Waals surface area contributed by atoms with E-state index in [9.17, 15) is 4.79 Å². The second kappa shape index (κ2) is 10.0. The van der Waals surface area contributed by atoms with Crippen LogP contribution in [0.1, 0.15) is 43.1 Å². The van der Waals surface area contributed by atoms with E-state index in [1.165, 1.54) is 21.0 Å². The summed E-state index contributed by atoms with van der Waals surface area (Å²) in [6.07, 6.45) is 4.77. The van der Waals surface area contributed by atoms with Crippen LogP contribution in [0.5, 0.6) is 0 Å². The van der Waals surface area contributed by atoms with Gasteiger partial charge in [0.25, 0.3) is 5.56 Å². The maximum atomic E-state index is 13.6. The number of hydrogen-bond acceptors (Lipinski definition) is 3. The van der Waals surface area contributed by atoms with Gasteiger partial charge in [-0.05, 0) is 47.0 Å². The first-order valence-corrected chi connectivity index (χ1v) is 13.6. The summed E-state index contributed by atoms with van der Waals surface area (Å²) in [5.74, 6) is 0.753. The second-order valence-electron chi connectivity index (χ2n) is 9.67. The lowest BCUT2D eigenvalue weighted by Crippen LogP contribution is -2.23. The molecule has 0 radical (unpaired) electrons. The van der Waals surface area contributed by atoms with Gasteiger partial charge in [0.05, 0.1) is 17.1 Å². The lowest BCUT2D eigenvalue weighted by Gasteiger charge is -2.13. The Kier molecular flexibility index (Phi) is 6.42. The van der Waals surface area contributed by atoms with Crippen molar-refractivity contribution in [2.24, 2.45) is 5.10 Å². The molecule has 6 rings (SSSR count). The van der Waals surface area contributed by atoms with Crippen LogP contribution in [0.2, 0.25) is 0 Å². The fraction of sp³-hybridized carbons (Fsp3) is 0.156. The van der Waals surface area contributed by atoms with E-state index in [4.69, 9.17) is 10.1 Å². The van der Waals surface area contributed by atoms with Crippen molar-refractivity contribution >= 4 is 54.7 Å². The molecule has 2 aromatic heterocycles. The van der Waals surface area contributed by atoms with Gasteiger partial charge in [-0.15, -0.1) is 0 Å². The van der Waals surface area contributed by atoms with Crippen LogP contribution in [0.4, 0.5) is 0 Å². The fourth-order valence-electron chi connectivity index (χ4n) is 5.02. The van der Waals surface area contributed by atoms with Crippen LogP contribution in [0, 0.1) is 0 Å². The van der Waals surface area contributed by atoms with Gasteiger partial charge in [-0.2, -0.15) is 9.78 Å². The van der Waals surface area contributed by atoms with E-state index in [0.29, 0.717) is 16.7 Å². The maximum absolute atomic E-state index is 13.6. The first-order valence-electron chi connectivity index (χ1n) is 12.8. The predicted molar refractivity (Wildman–Crippen MR) is 160 cm³/mol. The van der Waals surface area contributed by atoms with E-state index in [2.05, 4.69) is 101 Å². The molecule has 0 aliphatic carbocycles. The molecule has 0 bridgehead atoms. The van der Waals surface area contributed by atoms with Gasteiger partial charge in [-0.3, -0.25) is 4.79 Å². The summed E-state index contributed by atoms with van der Waals surface area (Å²) >= 11 is 3.48. The molecule has 0 unspecified atom stereocenters. The van der Waals surface area contributed by atoms with Gasteiger partial charge < -0.3 is 4.57 Å². The zero-order chi connectivity index (χ0) is 26.2. The zero-order valence-corrected chi connectivity index (χ0v) is 22.9. The van der Waals surface area contributed by atoms with Gasteiger partial charge >= 0.3 is 0 Å². The number of benzene rings is 4. The van der Waals surface area contributed by atoms with Crippen molar-refractivity contribution < 1.29 is 0 Å². The Morgan fingerprint density at radius 3 is 2.55 bits per heavy atom. The van der Waals surface area contributed by atoms with Crippen LogP contribution in [0.3, 0.4) is 0 Å². The SMILES string of the molecule is CC[C@H](C)c1nc2ccc(Br)cc2c(=O)n1N=Cc1cn(Cc2cccc3ccccc23)c2ccccc12. The summed E-state index contributed by atoms with van der Waals surface area (Å²) in [4.78, 5) is 18.4. The van der Waals surface area contributed by atoms with Crippen molar-refractivity contribution in [1.29, 1.82) is 0 Å². The van der Waals surface area contributed by atoms with Crippen molar-refractivity contribution in [3.63, 3.8) is 0 Å². The second-order valence-corrected chi connectivity index (χ2v) is 10.6. The average Bonchev–Trinajstić information content (AvgIpc) is 3.29. The maximum Gasteiger partial charge on any atom is 0.282 e. The summed E-state index contributed by atoms with van der Waals surface area (Å²) < 4.78 is 4.57. The molecule has 0 aliphatic heterocycles. The third kappa shape index (κ3) is 4.35. The largest absolute Gasteiger partial charge is 0.342 e. The molecule has 0 saturated carbocycles. The molecule has 4 aromatic carbocycles. The van der Waals surface area contributed by atoms with E-state index >= 15 is 0 Å². The van der Waals surface area contributed by atoms with Gasteiger partial charge in [0.2, 0.25) is 0 Å². The van der Waals surface area contributed by atoms with Crippen molar-refractivity contribution in [2.75, 3.05) is 0 Å². The van der Waals surface area contributed by atoms with E-state index in [1.807, 2.05) is 24.3 Å². The number of nitrogens with zero attached hydrogens (tertiary/aromatic N) is 4. The van der Waals surface area contributed by atoms with E-state index in [1.54, 1.807) is 6.21 Å². The van der Waals surface area contributed by atoms with Gasteiger partial charge in [0.1, 0.15) is 5.82 Å². The molecular weight excluding hydrogens is 536 g/mol. The number of hydrogen-bond donors (Lipinski definition) is 0. The quantitative estimate of drug-likeness (QED) is 0.195. The Labute approximate surface area is 229 Å². The molecule has 5 nitrogen and oxygen atoms in total. The number of aromatic nitrogens is 3. The molecule has 1 atom stereocenters. The molecule has 0 amide bonds. The van der Waals surface area contributed by atoms with Crippen molar-refractivity contribution in [3.05, 3.63) is 123 Å². The summed E-state index contributed by atoms with van der Waals surface area (Å²) in [6, 6.07) is 28.8. The number of halogens is 1. The number of para-hydroxylation sites is 1. The van der Waals surface area contributed by atoms with E-state index in [0.717, 1.165) is 33.9 Å². The first-order chi connectivity index (χ1) is 18.5. The Hall–Kier alpha value is -4.03. The van der Waals surface area contributed by atoms with Gasteiger partial charge in [0, 0.05) is 39.6 Å². The standard InChI is InChI=1S/C32H27BrN4O/c1-3-21(2)31-35-29-16-15-25(33)17-28(29)32(38)37(31)34-18-24-20-36(30-14-7-6-13-27(24)30)19-23-11-8-10-22-9-4-5-12-26(22)23/h4-18,20-21H,3,19H2,1-2H3/t21-/m0/s1. The summed E-state index contributed by atoms with van der Waals surface area (Å²) in [5.41, 5.74) is 3.86. The summed E-state index contributed by atoms with van der Waals surface area (Å²) in [7, 11) is 0. The van der Waals surface area contributed by atoms with Crippen LogP contribution >= 0.6 is 15.9 Å². The normalized spacial score (nSPS) is 12.7. The first kappa shape index (κ1) is 24.3. The van der Waals surface area contributed by atoms with Gasteiger partial charge in [-0.25, -0.2) is 4.98 Å². The molecule has 0 saturated heterocycles. The minimum absolute atomic E-state index is 0.0839. The monoisotopic (exact) mass is 562 g/mol. The average molecular weight is 563 g/mol. The van der Waals surface area contributed by atoms with E-state index < -0.39 is 0 Å². The van der Waals surface area contributed by atoms with Crippen LogP contribution < -0.4 is 5.56 Å². The highest BCUT2D eigenvalue weighted by Gasteiger charge is 2.16. The smallest absolute Gasteiger partial charge is 0.282 e. The highest BCUT2D eigenvalue weighted by molar-refractivity contribution is 9.10. The Morgan fingerprint density at radius 1 is 0.947 bits per heavy atom. The minimum atomic E-state index is -0.164. The lowest BCUT2D eigenvalue weighted by atomic mass is 10.0. The van der Waals surface area contributed by atoms with Crippen molar-refractivity contribution in [1.82, 2.24) is 14.2 Å². The van der Waals surface area contributed by atoms with Gasteiger partial charge in [0.15, 0.2) is 0 Å². The van der Waals surface area contributed by atoms with Crippen LogP contribution in [-0.2, 0) is 6.54 Å². The highest BCUT2D eigenvalue weighted by atomic mass is 79.9.